The van der Waals surface area contributed by atoms with E-state index in [0.29, 0.717) is 12.8 Å². The van der Waals surface area contributed by atoms with Crippen molar-refractivity contribution in [3.05, 3.63) is 54.2 Å². The summed E-state index contributed by atoms with van der Waals surface area (Å²) < 4.78 is 43.3. The standard InChI is InChI=1S/C19H20F3N3O2/c20-19(21,22)13-6-11-17(23-12-13)27-16-9-7-15(8-10-16)25-18(26)24-14-4-2-1-3-5-14/h1-6,11-12,15-16H,7-10H2,(H2,24,25,26). The minimum absolute atomic E-state index is 0.0362. The van der Waals surface area contributed by atoms with Crippen LogP contribution in [-0.2, 0) is 6.18 Å². The Labute approximate surface area is 154 Å². The van der Waals surface area contributed by atoms with Crippen LogP contribution in [0.1, 0.15) is 31.2 Å². The highest BCUT2D eigenvalue weighted by Gasteiger charge is 2.31. The molecule has 1 aromatic carbocycles. The first kappa shape index (κ1) is 19.0. The number of ether oxygens (including phenoxy) is 1. The Kier molecular flexibility index (Phi) is 5.83. The second-order valence-electron chi connectivity index (χ2n) is 6.44. The molecule has 0 bridgehead atoms. The Hall–Kier alpha value is -2.77. The van der Waals surface area contributed by atoms with Gasteiger partial charge in [0.25, 0.3) is 0 Å². The highest BCUT2D eigenvalue weighted by molar-refractivity contribution is 5.89. The van der Waals surface area contributed by atoms with E-state index < -0.39 is 11.7 Å². The smallest absolute Gasteiger partial charge is 0.417 e. The molecule has 144 valence electrons. The first-order valence-electron chi connectivity index (χ1n) is 8.72. The number of anilines is 1. The summed E-state index contributed by atoms with van der Waals surface area (Å²) in [6.45, 7) is 0. The van der Waals surface area contributed by atoms with E-state index in [-0.39, 0.29) is 24.1 Å². The van der Waals surface area contributed by atoms with Crippen molar-refractivity contribution in [3.63, 3.8) is 0 Å². The maximum Gasteiger partial charge on any atom is 0.417 e. The lowest BCUT2D eigenvalue weighted by Gasteiger charge is -2.29. The molecule has 1 saturated carbocycles. The molecule has 1 fully saturated rings. The summed E-state index contributed by atoms with van der Waals surface area (Å²) in [4.78, 5) is 15.7. The zero-order valence-corrected chi connectivity index (χ0v) is 14.5. The summed E-state index contributed by atoms with van der Waals surface area (Å²) in [7, 11) is 0. The van der Waals surface area contributed by atoms with Crippen molar-refractivity contribution in [3.8, 4) is 5.88 Å². The Morgan fingerprint density at radius 2 is 1.74 bits per heavy atom. The van der Waals surface area contributed by atoms with E-state index in [2.05, 4.69) is 15.6 Å². The molecule has 2 amide bonds. The van der Waals surface area contributed by atoms with Gasteiger partial charge in [0.1, 0.15) is 6.10 Å². The van der Waals surface area contributed by atoms with Crippen LogP contribution in [0.4, 0.5) is 23.7 Å². The van der Waals surface area contributed by atoms with Crippen molar-refractivity contribution < 1.29 is 22.7 Å². The third kappa shape index (κ3) is 5.60. The van der Waals surface area contributed by atoms with Gasteiger partial charge in [0.15, 0.2) is 0 Å². The third-order valence-corrected chi connectivity index (χ3v) is 4.39. The molecule has 2 N–H and O–H groups in total. The van der Waals surface area contributed by atoms with Crippen molar-refractivity contribution in [2.45, 2.75) is 44.0 Å². The van der Waals surface area contributed by atoms with Crippen LogP contribution in [0.25, 0.3) is 0 Å². The SMILES string of the molecule is O=C(Nc1ccccc1)NC1CCC(Oc2ccc(C(F)(F)F)cn2)CC1. The molecule has 0 spiro atoms. The fourth-order valence-electron chi connectivity index (χ4n) is 2.99. The van der Waals surface area contributed by atoms with Gasteiger partial charge in [0.05, 0.1) is 5.56 Å². The highest BCUT2D eigenvalue weighted by Crippen LogP contribution is 2.30. The van der Waals surface area contributed by atoms with Crippen molar-refractivity contribution in [1.82, 2.24) is 10.3 Å². The van der Waals surface area contributed by atoms with Crippen molar-refractivity contribution >= 4 is 11.7 Å². The summed E-state index contributed by atoms with van der Waals surface area (Å²) in [6, 6.07) is 11.1. The minimum Gasteiger partial charge on any atom is -0.474 e. The molecule has 1 aromatic heterocycles. The van der Waals surface area contributed by atoms with Gasteiger partial charge in [-0.15, -0.1) is 0 Å². The topological polar surface area (TPSA) is 63.2 Å². The molecule has 0 unspecified atom stereocenters. The van der Waals surface area contributed by atoms with E-state index in [1.54, 1.807) is 12.1 Å². The van der Waals surface area contributed by atoms with Crippen molar-refractivity contribution in [2.24, 2.45) is 0 Å². The number of nitrogens with one attached hydrogen (secondary N) is 2. The number of halogens is 3. The number of nitrogens with zero attached hydrogens (tertiary/aromatic N) is 1. The van der Waals surface area contributed by atoms with Crippen LogP contribution in [0.15, 0.2) is 48.7 Å². The number of benzene rings is 1. The number of pyridine rings is 1. The summed E-state index contributed by atoms with van der Waals surface area (Å²) in [5, 5.41) is 5.70. The third-order valence-electron chi connectivity index (χ3n) is 4.39. The van der Waals surface area contributed by atoms with Crippen LogP contribution in [0.2, 0.25) is 0 Å². The van der Waals surface area contributed by atoms with Gasteiger partial charge >= 0.3 is 12.2 Å². The van der Waals surface area contributed by atoms with Crippen LogP contribution in [0, 0.1) is 0 Å². The molecule has 2 aromatic rings. The van der Waals surface area contributed by atoms with Gasteiger partial charge < -0.3 is 15.4 Å². The highest BCUT2D eigenvalue weighted by atomic mass is 19.4. The molecular formula is C19H20F3N3O2. The molecule has 27 heavy (non-hydrogen) atoms. The van der Waals surface area contributed by atoms with E-state index >= 15 is 0 Å². The first-order chi connectivity index (χ1) is 12.9. The Morgan fingerprint density at radius 3 is 2.33 bits per heavy atom. The Morgan fingerprint density at radius 1 is 1.04 bits per heavy atom. The molecule has 0 saturated heterocycles. The fourth-order valence-corrected chi connectivity index (χ4v) is 2.99. The van der Waals surface area contributed by atoms with E-state index in [0.717, 1.165) is 30.8 Å². The predicted molar refractivity (Wildman–Crippen MR) is 94.5 cm³/mol. The van der Waals surface area contributed by atoms with Crippen LogP contribution in [0.3, 0.4) is 0 Å². The average Bonchev–Trinajstić information content (AvgIpc) is 2.64. The lowest BCUT2D eigenvalue weighted by atomic mass is 9.93. The minimum atomic E-state index is -4.41. The fraction of sp³-hybridized carbons (Fsp3) is 0.368. The number of hydrogen-bond donors (Lipinski definition) is 2. The van der Waals surface area contributed by atoms with E-state index in [1.807, 2.05) is 18.2 Å². The number of carbonyl (C=O) groups excluding carboxylic acids is 1. The lowest BCUT2D eigenvalue weighted by molar-refractivity contribution is -0.137. The number of hydrogen-bond acceptors (Lipinski definition) is 3. The van der Waals surface area contributed by atoms with Crippen LogP contribution < -0.4 is 15.4 Å². The summed E-state index contributed by atoms with van der Waals surface area (Å²) >= 11 is 0. The second kappa shape index (κ2) is 8.28. The van der Waals surface area contributed by atoms with Crippen LogP contribution in [0.5, 0.6) is 5.88 Å². The lowest BCUT2D eigenvalue weighted by Crippen LogP contribution is -2.41. The van der Waals surface area contributed by atoms with Gasteiger partial charge in [-0.25, -0.2) is 9.78 Å². The van der Waals surface area contributed by atoms with Crippen LogP contribution >= 0.6 is 0 Å². The zero-order chi connectivity index (χ0) is 19.3. The summed E-state index contributed by atoms with van der Waals surface area (Å²) in [6.07, 6.45) is -0.908. The molecule has 1 heterocycles. The number of aromatic nitrogens is 1. The van der Waals surface area contributed by atoms with E-state index in [9.17, 15) is 18.0 Å². The molecule has 0 atom stereocenters. The molecule has 0 radical (unpaired) electrons. The molecule has 1 aliphatic rings. The summed E-state index contributed by atoms with van der Waals surface area (Å²) in [5.74, 6) is 0.182. The Balaban J connectivity index is 1.43. The summed E-state index contributed by atoms with van der Waals surface area (Å²) in [5.41, 5.74) is -0.0763. The van der Waals surface area contributed by atoms with Crippen LogP contribution in [-0.4, -0.2) is 23.2 Å². The monoisotopic (exact) mass is 379 g/mol. The van der Waals surface area contributed by atoms with Gasteiger partial charge in [0.2, 0.25) is 5.88 Å². The van der Waals surface area contributed by atoms with E-state index in [1.165, 1.54) is 6.07 Å². The van der Waals surface area contributed by atoms with Crippen molar-refractivity contribution in [1.29, 1.82) is 0 Å². The molecule has 1 aliphatic carbocycles. The zero-order valence-electron chi connectivity index (χ0n) is 14.5. The largest absolute Gasteiger partial charge is 0.474 e. The van der Waals surface area contributed by atoms with Gasteiger partial charge in [-0.3, -0.25) is 0 Å². The number of amides is 2. The average molecular weight is 379 g/mol. The van der Waals surface area contributed by atoms with Gasteiger partial charge in [-0.1, -0.05) is 18.2 Å². The number of carbonyl (C=O) groups is 1. The quantitative estimate of drug-likeness (QED) is 0.815. The molecule has 5 nitrogen and oxygen atoms in total. The molecular weight excluding hydrogens is 359 g/mol. The maximum absolute atomic E-state index is 12.5. The van der Waals surface area contributed by atoms with Gasteiger partial charge in [0, 0.05) is 24.0 Å². The molecule has 8 heteroatoms. The normalized spacial score (nSPS) is 20.0. The second-order valence-corrected chi connectivity index (χ2v) is 6.44. The number of alkyl halides is 3. The predicted octanol–water partition coefficient (Wildman–Crippen LogP) is 4.61. The number of urea groups is 1. The number of rotatable bonds is 4. The molecule has 3 rings (SSSR count). The molecule has 0 aliphatic heterocycles. The number of para-hydroxylation sites is 1. The van der Waals surface area contributed by atoms with Gasteiger partial charge in [-0.05, 0) is 43.9 Å². The first-order valence-corrected chi connectivity index (χ1v) is 8.72. The van der Waals surface area contributed by atoms with Crippen molar-refractivity contribution in [2.75, 3.05) is 5.32 Å². The Bertz CT molecular complexity index is 743. The van der Waals surface area contributed by atoms with Gasteiger partial charge in [-0.2, -0.15) is 13.2 Å². The maximum atomic E-state index is 12.5. The van der Waals surface area contributed by atoms with E-state index in [4.69, 9.17) is 4.74 Å².